The molecule has 0 radical (unpaired) electrons. The standard InChI is InChI=1S/C10H10F3NO3/c1-10(17,9(15)16)4-14-5-2-6(11)8(13)7(12)3-5/h2-3,14,17H,4H2,1H3,(H,15,16). The van der Waals surface area contributed by atoms with E-state index < -0.39 is 35.6 Å². The number of aliphatic hydroxyl groups is 1. The molecule has 1 unspecified atom stereocenters. The van der Waals surface area contributed by atoms with Crippen molar-refractivity contribution in [1.29, 1.82) is 0 Å². The van der Waals surface area contributed by atoms with Gasteiger partial charge in [0.1, 0.15) is 0 Å². The zero-order chi connectivity index (χ0) is 13.2. The minimum absolute atomic E-state index is 0.164. The van der Waals surface area contributed by atoms with Crippen LogP contribution in [0.25, 0.3) is 0 Å². The topological polar surface area (TPSA) is 69.6 Å². The summed E-state index contributed by atoms with van der Waals surface area (Å²) in [6.45, 7) is 0.533. The highest BCUT2D eigenvalue weighted by molar-refractivity contribution is 5.77. The maximum atomic E-state index is 12.8. The molecule has 0 heterocycles. The molecule has 3 N–H and O–H groups in total. The molecule has 0 aliphatic heterocycles. The average Bonchev–Trinajstić information content (AvgIpc) is 2.22. The molecule has 7 heteroatoms. The Labute approximate surface area is 94.7 Å². The van der Waals surface area contributed by atoms with Crippen molar-refractivity contribution in [3.8, 4) is 0 Å². The van der Waals surface area contributed by atoms with E-state index in [0.29, 0.717) is 12.1 Å². The quantitative estimate of drug-likeness (QED) is 0.704. The Morgan fingerprint density at radius 3 is 2.24 bits per heavy atom. The second-order valence-corrected chi connectivity index (χ2v) is 3.69. The van der Waals surface area contributed by atoms with Gasteiger partial charge in [0, 0.05) is 17.8 Å². The lowest BCUT2D eigenvalue weighted by atomic mass is 10.1. The molecule has 0 saturated carbocycles. The van der Waals surface area contributed by atoms with Crippen molar-refractivity contribution >= 4 is 11.7 Å². The van der Waals surface area contributed by atoms with Gasteiger partial charge in [0.25, 0.3) is 0 Å². The first kappa shape index (κ1) is 13.3. The molecule has 1 aromatic carbocycles. The van der Waals surface area contributed by atoms with E-state index in [1.807, 2.05) is 0 Å². The van der Waals surface area contributed by atoms with Gasteiger partial charge in [0.2, 0.25) is 0 Å². The molecule has 0 fully saturated rings. The molecule has 4 nitrogen and oxygen atoms in total. The van der Waals surface area contributed by atoms with Gasteiger partial charge in [-0.1, -0.05) is 0 Å². The van der Waals surface area contributed by atoms with Gasteiger partial charge in [0.05, 0.1) is 6.54 Å². The average molecular weight is 249 g/mol. The number of aliphatic carboxylic acids is 1. The van der Waals surface area contributed by atoms with Crippen molar-refractivity contribution in [3.05, 3.63) is 29.6 Å². The predicted octanol–water partition coefficient (Wildman–Crippen LogP) is 1.35. The highest BCUT2D eigenvalue weighted by atomic mass is 19.2. The van der Waals surface area contributed by atoms with Crippen LogP contribution < -0.4 is 5.32 Å². The number of rotatable bonds is 4. The van der Waals surface area contributed by atoms with Gasteiger partial charge >= 0.3 is 5.97 Å². The minimum atomic E-state index is -2.10. The Morgan fingerprint density at radius 2 is 1.82 bits per heavy atom. The van der Waals surface area contributed by atoms with E-state index in [0.717, 1.165) is 6.92 Å². The van der Waals surface area contributed by atoms with Crippen LogP contribution in [0, 0.1) is 17.5 Å². The van der Waals surface area contributed by atoms with Gasteiger partial charge < -0.3 is 15.5 Å². The molecule has 0 bridgehead atoms. The lowest BCUT2D eigenvalue weighted by Crippen LogP contribution is -2.41. The number of carbonyl (C=O) groups is 1. The molecule has 0 spiro atoms. The maximum Gasteiger partial charge on any atom is 0.337 e. The molecule has 94 valence electrons. The molecule has 1 atom stereocenters. The Kier molecular flexibility index (Phi) is 3.62. The number of carboxylic acids is 1. The molecule has 17 heavy (non-hydrogen) atoms. The summed E-state index contributed by atoms with van der Waals surface area (Å²) in [6, 6.07) is 1.33. The Morgan fingerprint density at radius 1 is 1.35 bits per heavy atom. The summed E-state index contributed by atoms with van der Waals surface area (Å²) in [7, 11) is 0. The van der Waals surface area contributed by atoms with Gasteiger partial charge in [-0.05, 0) is 6.92 Å². The third kappa shape index (κ3) is 3.10. The van der Waals surface area contributed by atoms with Crippen molar-refractivity contribution in [1.82, 2.24) is 0 Å². The van der Waals surface area contributed by atoms with Crippen LogP contribution in [0.5, 0.6) is 0 Å². The summed E-state index contributed by atoms with van der Waals surface area (Å²) < 4.78 is 38.2. The van der Waals surface area contributed by atoms with Gasteiger partial charge in [-0.3, -0.25) is 0 Å². The normalized spacial score (nSPS) is 14.2. The molecule has 0 amide bonds. The third-order valence-electron chi connectivity index (χ3n) is 2.08. The van der Waals surface area contributed by atoms with E-state index in [4.69, 9.17) is 5.11 Å². The van der Waals surface area contributed by atoms with E-state index in [1.165, 1.54) is 0 Å². The summed E-state index contributed by atoms with van der Waals surface area (Å²) in [5.74, 6) is -5.90. The van der Waals surface area contributed by atoms with E-state index >= 15 is 0 Å². The van der Waals surface area contributed by atoms with Gasteiger partial charge in [-0.15, -0.1) is 0 Å². The number of carboxylic acid groups (broad SMARTS) is 1. The Bertz CT molecular complexity index is 425. The highest BCUT2D eigenvalue weighted by Crippen LogP contribution is 2.18. The van der Waals surface area contributed by atoms with Gasteiger partial charge in [-0.2, -0.15) is 0 Å². The number of anilines is 1. The van der Waals surface area contributed by atoms with Crippen molar-refractivity contribution in [2.75, 3.05) is 11.9 Å². The first-order chi connectivity index (χ1) is 7.74. The van der Waals surface area contributed by atoms with Crippen LogP contribution in [0.1, 0.15) is 6.92 Å². The summed E-state index contributed by atoms with van der Waals surface area (Å²) in [5.41, 5.74) is -2.26. The van der Waals surface area contributed by atoms with Crippen LogP contribution in [0.2, 0.25) is 0 Å². The second-order valence-electron chi connectivity index (χ2n) is 3.69. The monoisotopic (exact) mass is 249 g/mol. The van der Waals surface area contributed by atoms with Crippen LogP contribution in [0.4, 0.5) is 18.9 Å². The maximum absolute atomic E-state index is 12.8. The molecular weight excluding hydrogens is 239 g/mol. The van der Waals surface area contributed by atoms with Crippen molar-refractivity contribution < 1.29 is 28.2 Å². The fraction of sp³-hybridized carbons (Fsp3) is 0.300. The molecule has 0 aliphatic carbocycles. The van der Waals surface area contributed by atoms with E-state index in [2.05, 4.69) is 5.32 Å². The van der Waals surface area contributed by atoms with E-state index in [1.54, 1.807) is 0 Å². The molecule has 1 aromatic rings. The van der Waals surface area contributed by atoms with Crippen LogP contribution in [0.3, 0.4) is 0 Å². The van der Waals surface area contributed by atoms with Crippen molar-refractivity contribution in [3.63, 3.8) is 0 Å². The fourth-order valence-electron chi connectivity index (χ4n) is 1.01. The highest BCUT2D eigenvalue weighted by Gasteiger charge is 2.29. The molecule has 0 aliphatic rings. The first-order valence-corrected chi connectivity index (χ1v) is 4.58. The molecule has 1 rings (SSSR count). The number of hydrogen-bond acceptors (Lipinski definition) is 3. The number of hydrogen-bond donors (Lipinski definition) is 3. The minimum Gasteiger partial charge on any atom is -0.479 e. The van der Waals surface area contributed by atoms with Crippen LogP contribution in [-0.2, 0) is 4.79 Å². The Hall–Kier alpha value is -1.76. The second kappa shape index (κ2) is 4.62. The van der Waals surface area contributed by atoms with Crippen LogP contribution >= 0.6 is 0 Å². The summed E-state index contributed by atoms with van der Waals surface area (Å²) in [5, 5.41) is 20.2. The lowest BCUT2D eigenvalue weighted by Gasteiger charge is -2.19. The smallest absolute Gasteiger partial charge is 0.337 e. The van der Waals surface area contributed by atoms with Crippen molar-refractivity contribution in [2.45, 2.75) is 12.5 Å². The van der Waals surface area contributed by atoms with Gasteiger partial charge in [-0.25, -0.2) is 18.0 Å². The lowest BCUT2D eigenvalue weighted by molar-refractivity contribution is -0.155. The van der Waals surface area contributed by atoms with E-state index in [9.17, 15) is 23.1 Å². The SMILES string of the molecule is CC(O)(CNc1cc(F)c(F)c(F)c1)C(=O)O. The number of benzene rings is 1. The molecule has 0 aromatic heterocycles. The number of halogens is 3. The predicted molar refractivity (Wildman–Crippen MR) is 53.1 cm³/mol. The van der Waals surface area contributed by atoms with Crippen molar-refractivity contribution in [2.24, 2.45) is 0 Å². The van der Waals surface area contributed by atoms with Crippen LogP contribution in [-0.4, -0.2) is 28.3 Å². The Balaban J connectivity index is 2.81. The summed E-state index contributed by atoms with van der Waals surface area (Å²) in [6.07, 6.45) is 0. The number of nitrogens with one attached hydrogen (secondary N) is 1. The largest absolute Gasteiger partial charge is 0.479 e. The summed E-state index contributed by atoms with van der Waals surface area (Å²) >= 11 is 0. The first-order valence-electron chi connectivity index (χ1n) is 4.58. The molecular formula is C10H10F3NO3. The zero-order valence-corrected chi connectivity index (χ0v) is 8.80. The van der Waals surface area contributed by atoms with Gasteiger partial charge in [0.15, 0.2) is 23.1 Å². The van der Waals surface area contributed by atoms with E-state index in [-0.39, 0.29) is 5.69 Å². The third-order valence-corrected chi connectivity index (χ3v) is 2.08. The molecule has 0 saturated heterocycles. The summed E-state index contributed by atoms with van der Waals surface area (Å²) in [4.78, 5) is 10.5. The van der Waals surface area contributed by atoms with Crippen LogP contribution in [0.15, 0.2) is 12.1 Å². The fourth-order valence-corrected chi connectivity index (χ4v) is 1.01. The zero-order valence-electron chi connectivity index (χ0n) is 8.80.